The molecule has 1 saturated heterocycles. The third kappa shape index (κ3) is 2.66. The van der Waals surface area contributed by atoms with Gasteiger partial charge in [-0.15, -0.1) is 0 Å². The van der Waals surface area contributed by atoms with E-state index in [4.69, 9.17) is 8.92 Å². The van der Waals surface area contributed by atoms with E-state index < -0.39 is 15.0 Å². The number of ether oxygens (including phenoxy) is 1. The molecule has 8 heteroatoms. The minimum atomic E-state index is -3.99. The van der Waals surface area contributed by atoms with Crippen molar-refractivity contribution in [2.24, 2.45) is 0 Å². The molecule has 0 unspecified atom stereocenters. The zero-order valence-electron chi connectivity index (χ0n) is 9.53. The summed E-state index contributed by atoms with van der Waals surface area (Å²) in [5.74, 6) is 0. The van der Waals surface area contributed by atoms with Crippen LogP contribution in [0, 0.1) is 17.0 Å². The first-order valence-corrected chi connectivity index (χ1v) is 6.57. The highest BCUT2D eigenvalue weighted by Crippen LogP contribution is 2.26. The first-order chi connectivity index (χ1) is 8.42. The minimum absolute atomic E-state index is 0.0650. The number of hydrogen-bond acceptors (Lipinski definition) is 6. The third-order valence-electron chi connectivity index (χ3n) is 2.53. The van der Waals surface area contributed by atoms with Gasteiger partial charge in [0.05, 0.1) is 18.1 Å². The average Bonchev–Trinajstić information content (AvgIpc) is 3.10. The van der Waals surface area contributed by atoms with Crippen LogP contribution in [0.15, 0.2) is 23.1 Å². The first-order valence-electron chi connectivity index (χ1n) is 5.17. The molecule has 0 amide bonds. The maximum Gasteiger partial charge on any atom is 0.297 e. The van der Waals surface area contributed by atoms with Crippen LogP contribution in [0.25, 0.3) is 0 Å². The summed E-state index contributed by atoms with van der Waals surface area (Å²) in [4.78, 5) is 9.92. The first kappa shape index (κ1) is 12.9. The topological polar surface area (TPSA) is 99.0 Å². The second kappa shape index (κ2) is 4.63. The Balaban J connectivity index is 2.31. The molecule has 0 aromatic heterocycles. The lowest BCUT2D eigenvalue weighted by atomic mass is 10.2. The van der Waals surface area contributed by atoms with Crippen LogP contribution in [0.5, 0.6) is 0 Å². The van der Waals surface area contributed by atoms with E-state index in [0.717, 1.165) is 0 Å². The van der Waals surface area contributed by atoms with E-state index in [9.17, 15) is 18.5 Å². The van der Waals surface area contributed by atoms with Crippen molar-refractivity contribution in [3.63, 3.8) is 0 Å². The summed E-state index contributed by atoms with van der Waals surface area (Å²) < 4.78 is 33.3. The molecule has 7 nitrogen and oxygen atoms in total. The van der Waals surface area contributed by atoms with E-state index in [0.29, 0.717) is 6.61 Å². The Morgan fingerprint density at radius 3 is 2.78 bits per heavy atom. The number of nitro groups is 1. The van der Waals surface area contributed by atoms with Gasteiger partial charge >= 0.3 is 0 Å². The normalized spacial score (nSPS) is 18.6. The molecule has 1 aliphatic heterocycles. The summed E-state index contributed by atoms with van der Waals surface area (Å²) in [5.41, 5.74) is -0.179. The number of benzene rings is 1. The Morgan fingerprint density at radius 1 is 1.56 bits per heavy atom. The fourth-order valence-corrected chi connectivity index (χ4v) is 2.65. The predicted molar refractivity (Wildman–Crippen MR) is 60.7 cm³/mol. The predicted octanol–water partition coefficient (Wildman–Crippen LogP) is 1.01. The quantitative estimate of drug-likeness (QED) is 0.343. The molecule has 1 fully saturated rings. The van der Waals surface area contributed by atoms with Crippen molar-refractivity contribution in [2.45, 2.75) is 17.9 Å². The number of nitro benzene ring substituents is 1. The second-order valence-electron chi connectivity index (χ2n) is 3.85. The van der Waals surface area contributed by atoms with Gasteiger partial charge in [-0.3, -0.25) is 14.3 Å². The second-order valence-corrected chi connectivity index (χ2v) is 5.44. The Morgan fingerprint density at radius 2 is 2.22 bits per heavy atom. The molecule has 1 atom stereocenters. The number of nitrogens with zero attached hydrogens (tertiary/aromatic N) is 1. The summed E-state index contributed by atoms with van der Waals surface area (Å²) in [5, 5.41) is 10.7. The summed E-state index contributed by atoms with van der Waals surface area (Å²) >= 11 is 0. The fourth-order valence-electron chi connectivity index (χ4n) is 1.46. The molecular weight excluding hydrogens is 262 g/mol. The minimum Gasteiger partial charge on any atom is -0.371 e. The molecule has 18 heavy (non-hydrogen) atoms. The average molecular weight is 273 g/mol. The molecule has 1 heterocycles. The molecule has 0 radical (unpaired) electrons. The summed E-state index contributed by atoms with van der Waals surface area (Å²) in [6, 6.07) is 3.85. The van der Waals surface area contributed by atoms with Crippen molar-refractivity contribution in [2.75, 3.05) is 13.2 Å². The lowest BCUT2D eigenvalue weighted by Crippen LogP contribution is -2.12. The fraction of sp³-hybridized carbons (Fsp3) is 0.400. The van der Waals surface area contributed by atoms with Gasteiger partial charge in [0, 0.05) is 11.6 Å². The summed E-state index contributed by atoms with van der Waals surface area (Å²) in [6.45, 7) is 1.79. The number of hydrogen-bond donors (Lipinski definition) is 0. The lowest BCUT2D eigenvalue weighted by Gasteiger charge is -2.07. The zero-order chi connectivity index (χ0) is 13.3. The smallest absolute Gasteiger partial charge is 0.297 e. The number of rotatable bonds is 5. The summed E-state index contributed by atoms with van der Waals surface area (Å²) in [6.07, 6.45) is -0.196. The van der Waals surface area contributed by atoms with Gasteiger partial charge in [0.25, 0.3) is 15.8 Å². The van der Waals surface area contributed by atoms with Crippen molar-refractivity contribution in [3.05, 3.63) is 33.9 Å². The van der Waals surface area contributed by atoms with Crippen LogP contribution >= 0.6 is 0 Å². The maximum atomic E-state index is 11.9. The van der Waals surface area contributed by atoms with Gasteiger partial charge < -0.3 is 4.74 Å². The molecule has 1 aromatic rings. The van der Waals surface area contributed by atoms with Gasteiger partial charge in [0.15, 0.2) is 0 Å². The molecule has 1 aliphatic rings. The Hall–Kier alpha value is -1.51. The van der Waals surface area contributed by atoms with E-state index in [2.05, 4.69) is 0 Å². The highest BCUT2D eigenvalue weighted by atomic mass is 32.2. The van der Waals surface area contributed by atoms with E-state index in [1.54, 1.807) is 0 Å². The molecule has 0 bridgehead atoms. The maximum absolute atomic E-state index is 11.9. The van der Waals surface area contributed by atoms with Crippen LogP contribution in [0.4, 0.5) is 5.69 Å². The Labute approximate surface area is 104 Å². The van der Waals surface area contributed by atoms with E-state index in [1.807, 2.05) is 0 Å². The Kier molecular flexibility index (Phi) is 3.33. The van der Waals surface area contributed by atoms with Crippen molar-refractivity contribution in [1.82, 2.24) is 0 Å². The van der Waals surface area contributed by atoms with Crippen LogP contribution in [0.3, 0.4) is 0 Å². The third-order valence-corrected chi connectivity index (χ3v) is 3.96. The van der Waals surface area contributed by atoms with E-state index >= 15 is 0 Å². The Bertz CT molecular complexity index is 578. The molecule has 0 saturated carbocycles. The van der Waals surface area contributed by atoms with Crippen LogP contribution in [-0.4, -0.2) is 32.7 Å². The van der Waals surface area contributed by atoms with Crippen molar-refractivity contribution < 1.29 is 22.3 Å². The van der Waals surface area contributed by atoms with E-state index in [-0.39, 0.29) is 28.9 Å². The highest BCUT2D eigenvalue weighted by molar-refractivity contribution is 7.86. The van der Waals surface area contributed by atoms with Crippen molar-refractivity contribution in [3.8, 4) is 0 Å². The van der Waals surface area contributed by atoms with Crippen LogP contribution < -0.4 is 0 Å². The number of epoxide rings is 1. The van der Waals surface area contributed by atoms with Crippen molar-refractivity contribution >= 4 is 15.8 Å². The van der Waals surface area contributed by atoms with Gasteiger partial charge in [0.1, 0.15) is 11.0 Å². The standard InChI is InChI=1S/C10H11NO6S/c1-7-9(11(12)13)3-2-4-10(7)18(14,15)17-6-8-5-16-8/h2-4,8H,5-6H2,1H3/t8-/m1/s1. The zero-order valence-corrected chi connectivity index (χ0v) is 10.3. The lowest BCUT2D eigenvalue weighted by molar-refractivity contribution is -0.385. The van der Waals surface area contributed by atoms with Crippen LogP contribution in [0.1, 0.15) is 5.56 Å². The van der Waals surface area contributed by atoms with Crippen LogP contribution in [0.2, 0.25) is 0 Å². The molecule has 0 spiro atoms. The van der Waals surface area contributed by atoms with E-state index in [1.165, 1.54) is 25.1 Å². The van der Waals surface area contributed by atoms with Gasteiger partial charge in [-0.2, -0.15) is 8.42 Å². The molecular formula is C10H11NO6S. The van der Waals surface area contributed by atoms with Gasteiger partial charge in [-0.1, -0.05) is 6.07 Å². The molecule has 98 valence electrons. The van der Waals surface area contributed by atoms with Gasteiger partial charge in [-0.05, 0) is 13.0 Å². The summed E-state index contributed by atoms with van der Waals surface area (Å²) in [7, 11) is -3.99. The molecule has 1 aromatic carbocycles. The SMILES string of the molecule is Cc1c([N+](=O)[O-])cccc1S(=O)(=O)OC[C@H]1CO1. The monoisotopic (exact) mass is 273 g/mol. The largest absolute Gasteiger partial charge is 0.371 e. The molecule has 0 aliphatic carbocycles. The van der Waals surface area contributed by atoms with Gasteiger partial charge in [-0.25, -0.2) is 0 Å². The molecule has 2 rings (SSSR count). The van der Waals surface area contributed by atoms with Crippen LogP contribution in [-0.2, 0) is 19.0 Å². The highest BCUT2D eigenvalue weighted by Gasteiger charge is 2.28. The molecule has 0 N–H and O–H groups in total. The van der Waals surface area contributed by atoms with Gasteiger partial charge in [0.2, 0.25) is 0 Å². The van der Waals surface area contributed by atoms with Crippen molar-refractivity contribution in [1.29, 1.82) is 0 Å².